The van der Waals surface area contributed by atoms with E-state index < -0.39 is 11.6 Å². The Bertz CT molecular complexity index is 711. The van der Waals surface area contributed by atoms with Gasteiger partial charge in [-0.25, -0.2) is 0 Å². The summed E-state index contributed by atoms with van der Waals surface area (Å²) in [7, 11) is 0. The molecule has 4 fully saturated rings. The fraction of sp³-hybridized carbons (Fsp3) is 0.636. The zero-order chi connectivity index (χ0) is 20.6. The Morgan fingerprint density at radius 3 is 1.20 bits per heavy atom. The first-order valence-corrected chi connectivity index (χ1v) is 10.8. The lowest BCUT2D eigenvalue weighted by atomic mass is 10.0. The molecule has 4 aliphatic heterocycles. The van der Waals surface area contributed by atoms with Crippen molar-refractivity contribution in [2.45, 2.75) is 37.3 Å². The highest BCUT2D eigenvalue weighted by Crippen LogP contribution is 2.33. The van der Waals surface area contributed by atoms with E-state index in [1.807, 2.05) is 9.80 Å². The lowest BCUT2D eigenvalue weighted by Gasteiger charge is -2.38. The van der Waals surface area contributed by atoms with Gasteiger partial charge >= 0.3 is 0 Å². The quantitative estimate of drug-likeness (QED) is 0.730. The van der Waals surface area contributed by atoms with Crippen molar-refractivity contribution in [3.63, 3.8) is 0 Å². The minimum atomic E-state index is -0.491. The van der Waals surface area contributed by atoms with Gasteiger partial charge in [-0.2, -0.15) is 0 Å². The van der Waals surface area contributed by atoms with Gasteiger partial charge in [0.25, 0.3) is 11.8 Å². The highest BCUT2D eigenvalue weighted by molar-refractivity contribution is 5.98. The maximum absolute atomic E-state index is 12.9. The van der Waals surface area contributed by atoms with E-state index in [1.165, 1.54) is 0 Å². The van der Waals surface area contributed by atoms with Gasteiger partial charge in [-0.1, -0.05) is 0 Å². The number of rotatable bonds is 2. The van der Waals surface area contributed by atoms with Crippen LogP contribution in [0.4, 0.5) is 0 Å². The van der Waals surface area contributed by atoms with Crippen LogP contribution in [-0.2, 0) is 18.9 Å². The molecule has 1 aromatic carbocycles. The highest BCUT2D eigenvalue weighted by Gasteiger charge is 2.42. The number of benzene rings is 1. The SMILES string of the molecule is O=C(c1ccc(C(=O)N2CCC3(CC2)OCCO3)cc1)N1CCC2(CC1)OCCO2. The van der Waals surface area contributed by atoms with Gasteiger partial charge in [0.1, 0.15) is 0 Å². The van der Waals surface area contributed by atoms with Crippen LogP contribution in [0.3, 0.4) is 0 Å². The molecule has 0 saturated carbocycles. The standard InChI is InChI=1S/C22H28N2O6/c25-19(23-9-5-21(6-10-23)27-13-14-28-21)17-1-2-18(4-3-17)20(26)24-11-7-22(8-12-24)29-15-16-30-22/h1-4H,5-16H2. The van der Waals surface area contributed by atoms with Crippen LogP contribution in [0.1, 0.15) is 46.4 Å². The first kappa shape index (κ1) is 19.9. The van der Waals surface area contributed by atoms with Crippen molar-refractivity contribution in [2.24, 2.45) is 0 Å². The highest BCUT2D eigenvalue weighted by atomic mass is 16.7. The van der Waals surface area contributed by atoms with E-state index in [-0.39, 0.29) is 11.8 Å². The van der Waals surface area contributed by atoms with Crippen molar-refractivity contribution in [1.82, 2.24) is 9.80 Å². The average Bonchev–Trinajstić information content (AvgIpc) is 3.44. The Morgan fingerprint density at radius 2 is 0.900 bits per heavy atom. The number of nitrogens with zero attached hydrogens (tertiary/aromatic N) is 2. The van der Waals surface area contributed by atoms with E-state index in [9.17, 15) is 9.59 Å². The second-order valence-corrected chi connectivity index (χ2v) is 8.38. The lowest BCUT2D eigenvalue weighted by molar-refractivity contribution is -0.182. The average molecular weight is 416 g/mol. The molecule has 30 heavy (non-hydrogen) atoms. The smallest absolute Gasteiger partial charge is 0.253 e. The van der Waals surface area contributed by atoms with Crippen LogP contribution in [0.25, 0.3) is 0 Å². The second-order valence-electron chi connectivity index (χ2n) is 8.38. The first-order valence-electron chi connectivity index (χ1n) is 10.8. The van der Waals surface area contributed by atoms with Gasteiger partial charge in [0.05, 0.1) is 26.4 Å². The molecule has 0 aliphatic carbocycles. The molecule has 8 heteroatoms. The predicted octanol–water partition coefficient (Wildman–Crippen LogP) is 1.64. The summed E-state index contributed by atoms with van der Waals surface area (Å²) in [5, 5.41) is 0. The van der Waals surface area contributed by atoms with Gasteiger partial charge in [0.15, 0.2) is 11.6 Å². The fourth-order valence-electron chi connectivity index (χ4n) is 4.79. The zero-order valence-corrected chi connectivity index (χ0v) is 17.1. The summed E-state index contributed by atoms with van der Waals surface area (Å²) in [4.78, 5) is 29.4. The minimum Gasteiger partial charge on any atom is -0.347 e. The van der Waals surface area contributed by atoms with Crippen molar-refractivity contribution in [2.75, 3.05) is 52.6 Å². The monoisotopic (exact) mass is 416 g/mol. The second kappa shape index (κ2) is 7.92. The topological polar surface area (TPSA) is 77.5 Å². The molecule has 0 N–H and O–H groups in total. The first-order chi connectivity index (χ1) is 14.6. The molecule has 8 nitrogen and oxygen atoms in total. The van der Waals surface area contributed by atoms with E-state index in [0.29, 0.717) is 89.4 Å². The molecule has 0 radical (unpaired) electrons. The molecule has 0 bridgehead atoms. The van der Waals surface area contributed by atoms with Crippen LogP contribution < -0.4 is 0 Å². The van der Waals surface area contributed by atoms with Gasteiger partial charge in [-0.3, -0.25) is 9.59 Å². The molecule has 0 aromatic heterocycles. The summed E-state index contributed by atoms with van der Waals surface area (Å²) >= 11 is 0. The Kier molecular flexibility index (Phi) is 5.26. The van der Waals surface area contributed by atoms with Crippen LogP contribution >= 0.6 is 0 Å². The molecule has 4 heterocycles. The van der Waals surface area contributed by atoms with Crippen LogP contribution in [-0.4, -0.2) is 85.8 Å². The van der Waals surface area contributed by atoms with E-state index >= 15 is 0 Å². The Hall–Kier alpha value is -2.00. The van der Waals surface area contributed by atoms with E-state index in [4.69, 9.17) is 18.9 Å². The van der Waals surface area contributed by atoms with Gasteiger partial charge in [0, 0.05) is 63.0 Å². The summed E-state index contributed by atoms with van der Waals surface area (Å²) in [5.74, 6) is -1.02. The zero-order valence-electron chi connectivity index (χ0n) is 17.1. The Labute approximate surface area is 176 Å². The number of piperidine rings is 2. The molecule has 2 amide bonds. The number of hydrogen-bond donors (Lipinski definition) is 0. The number of hydrogen-bond acceptors (Lipinski definition) is 6. The normalized spacial score (nSPS) is 25.2. The number of amides is 2. The number of carbonyl (C=O) groups excluding carboxylic acids is 2. The molecule has 5 rings (SSSR count). The summed E-state index contributed by atoms with van der Waals surface area (Å²) in [6.07, 6.45) is 2.77. The third-order valence-corrected chi connectivity index (χ3v) is 6.63. The Morgan fingerprint density at radius 1 is 0.600 bits per heavy atom. The van der Waals surface area contributed by atoms with E-state index in [2.05, 4.69) is 0 Å². The van der Waals surface area contributed by atoms with E-state index in [0.717, 1.165) is 0 Å². The summed E-state index contributed by atoms with van der Waals surface area (Å²) in [6, 6.07) is 6.99. The predicted molar refractivity (Wildman–Crippen MR) is 106 cm³/mol. The molecule has 4 aliphatic rings. The third kappa shape index (κ3) is 3.73. The van der Waals surface area contributed by atoms with Crippen molar-refractivity contribution in [3.05, 3.63) is 35.4 Å². The van der Waals surface area contributed by atoms with E-state index in [1.54, 1.807) is 24.3 Å². The maximum Gasteiger partial charge on any atom is 0.253 e. The largest absolute Gasteiger partial charge is 0.347 e. The summed E-state index contributed by atoms with van der Waals surface area (Å²) in [6.45, 7) is 4.95. The van der Waals surface area contributed by atoms with Crippen LogP contribution in [0.5, 0.6) is 0 Å². The molecule has 162 valence electrons. The molecule has 2 spiro atoms. The van der Waals surface area contributed by atoms with Crippen molar-refractivity contribution in [3.8, 4) is 0 Å². The maximum atomic E-state index is 12.9. The van der Waals surface area contributed by atoms with Crippen LogP contribution in [0, 0.1) is 0 Å². The van der Waals surface area contributed by atoms with Crippen LogP contribution in [0.15, 0.2) is 24.3 Å². The minimum absolute atomic E-state index is 0.0164. The van der Waals surface area contributed by atoms with Gasteiger partial charge in [-0.05, 0) is 24.3 Å². The molecular formula is C22H28N2O6. The Balaban J connectivity index is 1.17. The molecule has 0 atom stereocenters. The van der Waals surface area contributed by atoms with Crippen molar-refractivity contribution < 1.29 is 28.5 Å². The molecule has 4 saturated heterocycles. The lowest BCUT2D eigenvalue weighted by Crippen LogP contribution is -2.47. The third-order valence-electron chi connectivity index (χ3n) is 6.63. The van der Waals surface area contributed by atoms with Crippen LogP contribution in [0.2, 0.25) is 0 Å². The number of likely N-dealkylation sites (tertiary alicyclic amines) is 2. The molecule has 1 aromatic rings. The van der Waals surface area contributed by atoms with Gasteiger partial charge < -0.3 is 28.7 Å². The summed E-state index contributed by atoms with van der Waals surface area (Å²) < 4.78 is 22.9. The summed E-state index contributed by atoms with van der Waals surface area (Å²) in [5.41, 5.74) is 1.20. The molecule has 0 unspecified atom stereocenters. The molecular weight excluding hydrogens is 388 g/mol. The van der Waals surface area contributed by atoms with Gasteiger partial charge in [-0.15, -0.1) is 0 Å². The van der Waals surface area contributed by atoms with Crippen molar-refractivity contribution in [1.29, 1.82) is 0 Å². The number of ether oxygens (including phenoxy) is 4. The van der Waals surface area contributed by atoms with Gasteiger partial charge in [0.2, 0.25) is 0 Å². The number of carbonyl (C=O) groups is 2. The fourth-order valence-corrected chi connectivity index (χ4v) is 4.79. The van der Waals surface area contributed by atoms with Crippen molar-refractivity contribution >= 4 is 11.8 Å².